The van der Waals surface area contributed by atoms with Gasteiger partial charge in [-0.2, -0.15) is 0 Å². The zero-order valence-electron chi connectivity index (χ0n) is 9.90. The molecule has 0 aliphatic carbocycles. The lowest BCUT2D eigenvalue weighted by atomic mass is 10.2. The third-order valence-corrected chi connectivity index (χ3v) is 5.01. The van der Waals surface area contributed by atoms with Gasteiger partial charge in [-0.05, 0) is 37.1 Å². The summed E-state index contributed by atoms with van der Waals surface area (Å²) in [6, 6.07) is 7.03. The fraction of sp³-hybridized carbons (Fsp3) is 0.455. The highest BCUT2D eigenvalue weighted by Gasteiger charge is 2.13. The second-order valence-electron chi connectivity index (χ2n) is 4.20. The Morgan fingerprint density at radius 1 is 1.29 bits per heavy atom. The molecule has 1 unspecified atom stereocenters. The first-order valence-electron chi connectivity index (χ1n) is 5.38. The van der Waals surface area contributed by atoms with Crippen molar-refractivity contribution in [3.05, 3.63) is 29.8 Å². The molecule has 0 fully saturated rings. The summed E-state index contributed by atoms with van der Waals surface area (Å²) in [5, 5.41) is 0. The highest BCUT2D eigenvalue weighted by Crippen LogP contribution is 2.25. The van der Waals surface area contributed by atoms with Crippen LogP contribution in [0.1, 0.15) is 19.4 Å². The van der Waals surface area contributed by atoms with Gasteiger partial charge in [-0.25, -0.2) is 13.1 Å². The van der Waals surface area contributed by atoms with Gasteiger partial charge in [-0.15, -0.1) is 0 Å². The van der Waals surface area contributed by atoms with Crippen LogP contribution in [0.2, 0.25) is 0 Å². The van der Waals surface area contributed by atoms with E-state index in [-0.39, 0.29) is 0 Å². The third-order valence-electron chi connectivity index (χ3n) is 2.19. The number of halogens is 1. The van der Waals surface area contributed by atoms with Gasteiger partial charge in [0, 0.05) is 6.54 Å². The SMILES string of the molecule is CC(C)CNS(=O)(=O)c1ccc(CPBr)cc1. The number of benzene rings is 1. The molecule has 0 aliphatic rings. The van der Waals surface area contributed by atoms with Crippen molar-refractivity contribution in [3.8, 4) is 0 Å². The van der Waals surface area contributed by atoms with E-state index in [1.165, 1.54) is 0 Å². The van der Waals surface area contributed by atoms with Crippen molar-refractivity contribution in [2.45, 2.75) is 24.9 Å². The van der Waals surface area contributed by atoms with Gasteiger partial charge in [0.05, 0.1) is 4.90 Å². The molecule has 0 saturated heterocycles. The standard InChI is InChI=1S/C11H17BrNO2PS/c1-9(2)7-13-17(14,15)11-5-3-10(4-6-11)8-16-12/h3-6,9,13,16H,7-8H2,1-2H3. The van der Waals surface area contributed by atoms with Gasteiger partial charge in [0.15, 0.2) is 0 Å². The third kappa shape index (κ3) is 5.04. The Morgan fingerprint density at radius 2 is 1.88 bits per heavy atom. The van der Waals surface area contributed by atoms with Gasteiger partial charge < -0.3 is 0 Å². The van der Waals surface area contributed by atoms with Crippen LogP contribution in [0, 0.1) is 5.92 Å². The number of sulfonamides is 1. The zero-order chi connectivity index (χ0) is 12.9. The summed E-state index contributed by atoms with van der Waals surface area (Å²) in [4.78, 5) is 0.333. The van der Waals surface area contributed by atoms with Gasteiger partial charge in [-0.1, -0.05) is 41.5 Å². The summed E-state index contributed by atoms with van der Waals surface area (Å²) in [6.45, 7) is 4.41. The van der Waals surface area contributed by atoms with Crippen LogP contribution in [0.5, 0.6) is 0 Å². The molecule has 6 heteroatoms. The van der Waals surface area contributed by atoms with E-state index in [2.05, 4.69) is 20.2 Å². The predicted molar refractivity (Wildman–Crippen MR) is 77.4 cm³/mol. The lowest BCUT2D eigenvalue weighted by Gasteiger charge is -2.09. The van der Waals surface area contributed by atoms with E-state index in [1.54, 1.807) is 12.1 Å². The quantitative estimate of drug-likeness (QED) is 0.810. The molecule has 3 nitrogen and oxygen atoms in total. The van der Waals surface area contributed by atoms with Crippen molar-refractivity contribution in [2.24, 2.45) is 5.92 Å². The summed E-state index contributed by atoms with van der Waals surface area (Å²) >= 11 is 3.38. The van der Waals surface area contributed by atoms with Crippen LogP contribution < -0.4 is 4.72 Å². The molecular formula is C11H17BrNO2PS. The molecule has 1 atom stereocenters. The normalized spacial score (nSPS) is 12.7. The number of nitrogens with one attached hydrogen (secondary N) is 1. The Labute approximate surface area is 113 Å². The molecule has 0 aliphatic heterocycles. The van der Waals surface area contributed by atoms with E-state index in [0.717, 1.165) is 11.7 Å². The summed E-state index contributed by atoms with van der Waals surface area (Å²) in [5.74, 6) is 0.304. The maximum Gasteiger partial charge on any atom is 0.240 e. The van der Waals surface area contributed by atoms with Gasteiger partial charge in [-0.3, -0.25) is 0 Å². The van der Waals surface area contributed by atoms with Crippen LogP contribution in [-0.2, 0) is 16.2 Å². The van der Waals surface area contributed by atoms with Crippen LogP contribution in [0.25, 0.3) is 0 Å². The molecule has 1 aromatic carbocycles. The minimum atomic E-state index is -3.35. The summed E-state index contributed by atoms with van der Waals surface area (Å²) in [5.41, 5.74) is 1.14. The number of hydrogen-bond donors (Lipinski definition) is 1. The van der Waals surface area contributed by atoms with E-state index in [1.807, 2.05) is 26.0 Å². The topological polar surface area (TPSA) is 46.2 Å². The minimum absolute atomic E-state index is 0.304. The van der Waals surface area contributed by atoms with E-state index in [9.17, 15) is 8.42 Å². The molecule has 1 N–H and O–H groups in total. The summed E-state index contributed by atoms with van der Waals surface area (Å²) in [6.07, 6.45) is 0.930. The highest BCUT2D eigenvalue weighted by molar-refractivity contribution is 9.36. The van der Waals surface area contributed by atoms with E-state index >= 15 is 0 Å². The average molecular weight is 338 g/mol. The van der Waals surface area contributed by atoms with E-state index < -0.39 is 10.0 Å². The van der Waals surface area contributed by atoms with Crippen molar-refractivity contribution < 1.29 is 8.42 Å². The average Bonchev–Trinajstić information content (AvgIpc) is 2.28. The zero-order valence-corrected chi connectivity index (χ0v) is 13.3. The summed E-state index contributed by atoms with van der Waals surface area (Å²) < 4.78 is 26.4. The molecule has 0 heterocycles. The molecule has 17 heavy (non-hydrogen) atoms. The van der Waals surface area contributed by atoms with Crippen LogP contribution in [0.3, 0.4) is 0 Å². The molecule has 0 bridgehead atoms. The van der Waals surface area contributed by atoms with Crippen molar-refractivity contribution in [1.82, 2.24) is 4.72 Å². The van der Waals surface area contributed by atoms with Gasteiger partial charge in [0.1, 0.15) is 0 Å². The molecule has 1 rings (SSSR count). The first-order valence-corrected chi connectivity index (χ1v) is 10.3. The predicted octanol–water partition coefficient (Wildman–Crippen LogP) is 3.11. The van der Waals surface area contributed by atoms with Crippen LogP contribution >= 0.6 is 22.8 Å². The Bertz CT molecular complexity index is 445. The maximum absolute atomic E-state index is 11.9. The van der Waals surface area contributed by atoms with Crippen molar-refractivity contribution >= 4 is 32.8 Å². The lowest BCUT2D eigenvalue weighted by molar-refractivity contribution is 0.560. The van der Waals surface area contributed by atoms with Crippen molar-refractivity contribution in [1.29, 1.82) is 0 Å². The Morgan fingerprint density at radius 3 is 2.35 bits per heavy atom. The molecule has 0 saturated carbocycles. The molecule has 1 aromatic rings. The Kier molecular flexibility index (Phi) is 6.07. The van der Waals surface area contributed by atoms with Gasteiger partial charge >= 0.3 is 0 Å². The molecule has 0 spiro atoms. The fourth-order valence-electron chi connectivity index (χ4n) is 1.22. The van der Waals surface area contributed by atoms with Crippen molar-refractivity contribution in [2.75, 3.05) is 6.54 Å². The fourth-order valence-corrected chi connectivity index (χ4v) is 3.80. The number of hydrogen-bond acceptors (Lipinski definition) is 2. The monoisotopic (exact) mass is 337 g/mol. The largest absolute Gasteiger partial charge is 0.240 e. The Balaban J connectivity index is 2.77. The van der Waals surface area contributed by atoms with Crippen molar-refractivity contribution in [3.63, 3.8) is 0 Å². The maximum atomic E-state index is 11.9. The first-order chi connectivity index (χ1) is 7.95. The number of rotatable bonds is 6. The molecule has 96 valence electrons. The highest BCUT2D eigenvalue weighted by atomic mass is 79.9. The summed E-state index contributed by atoms with van der Waals surface area (Å²) in [7, 11) is -2.68. The first kappa shape index (κ1) is 15.1. The van der Waals surface area contributed by atoms with E-state index in [4.69, 9.17) is 0 Å². The second kappa shape index (κ2) is 6.83. The molecule has 0 radical (unpaired) electrons. The Hall–Kier alpha value is 0.0400. The van der Waals surface area contributed by atoms with Crippen LogP contribution in [-0.4, -0.2) is 15.0 Å². The second-order valence-corrected chi connectivity index (χ2v) is 8.27. The minimum Gasteiger partial charge on any atom is -0.211 e. The molecule has 0 aromatic heterocycles. The van der Waals surface area contributed by atoms with E-state index in [0.29, 0.717) is 24.6 Å². The van der Waals surface area contributed by atoms with Crippen LogP contribution in [0.15, 0.2) is 29.2 Å². The van der Waals surface area contributed by atoms with Gasteiger partial charge in [0.25, 0.3) is 0 Å². The lowest BCUT2D eigenvalue weighted by Crippen LogP contribution is -2.27. The molecular weight excluding hydrogens is 321 g/mol. The van der Waals surface area contributed by atoms with Crippen LogP contribution in [0.4, 0.5) is 0 Å². The van der Waals surface area contributed by atoms with Gasteiger partial charge in [0.2, 0.25) is 10.0 Å². The molecule has 0 amide bonds. The smallest absolute Gasteiger partial charge is 0.211 e.